The zero-order valence-corrected chi connectivity index (χ0v) is 12.4. The van der Waals surface area contributed by atoms with Gasteiger partial charge in [-0.25, -0.2) is 0 Å². The predicted octanol–water partition coefficient (Wildman–Crippen LogP) is 2.66. The molecule has 4 rings (SSSR count). The summed E-state index contributed by atoms with van der Waals surface area (Å²) in [7, 11) is 0. The van der Waals surface area contributed by atoms with Crippen molar-refractivity contribution in [1.29, 1.82) is 0 Å². The van der Waals surface area contributed by atoms with Gasteiger partial charge in [0.25, 0.3) is 0 Å². The van der Waals surface area contributed by atoms with Gasteiger partial charge in [-0.1, -0.05) is 6.07 Å². The zero-order chi connectivity index (χ0) is 15.4. The summed E-state index contributed by atoms with van der Waals surface area (Å²) in [6, 6.07) is 7.60. The van der Waals surface area contributed by atoms with Crippen LogP contribution in [-0.2, 0) is 13.0 Å². The quantitative estimate of drug-likeness (QED) is 0.564. The van der Waals surface area contributed by atoms with Gasteiger partial charge in [-0.15, -0.1) is 0 Å². The molecule has 4 heteroatoms. The molecule has 0 saturated carbocycles. The number of hydrogen-bond donors (Lipinski definition) is 4. The fourth-order valence-electron chi connectivity index (χ4n) is 3.89. The van der Waals surface area contributed by atoms with Gasteiger partial charge >= 0.3 is 0 Å². The number of hydrogen-bond acceptors (Lipinski definition) is 4. The fourth-order valence-corrected chi connectivity index (χ4v) is 3.89. The lowest BCUT2D eigenvalue weighted by Gasteiger charge is -2.39. The number of fused-ring (bicyclic) bond motifs is 5. The lowest BCUT2D eigenvalue weighted by atomic mass is 9.72. The molecular weight excluding hydrogens is 278 g/mol. The van der Waals surface area contributed by atoms with Gasteiger partial charge in [0.05, 0.1) is 0 Å². The largest absolute Gasteiger partial charge is 0.508 e. The van der Waals surface area contributed by atoms with E-state index in [9.17, 15) is 15.3 Å². The van der Waals surface area contributed by atoms with Gasteiger partial charge in [0.1, 0.15) is 5.75 Å². The Hall–Kier alpha value is -2.20. The molecule has 0 radical (unpaired) electrons. The van der Waals surface area contributed by atoms with E-state index in [1.165, 1.54) is 5.56 Å². The Labute approximate surface area is 129 Å². The van der Waals surface area contributed by atoms with Crippen LogP contribution in [0, 0.1) is 6.92 Å². The molecule has 1 aliphatic heterocycles. The molecule has 1 heterocycles. The van der Waals surface area contributed by atoms with Crippen molar-refractivity contribution in [3.63, 3.8) is 0 Å². The smallest absolute Gasteiger partial charge is 0.157 e. The highest BCUT2D eigenvalue weighted by atomic mass is 16.3. The Balaban J connectivity index is 1.92. The van der Waals surface area contributed by atoms with Crippen LogP contribution in [0.1, 0.15) is 40.2 Å². The van der Waals surface area contributed by atoms with E-state index >= 15 is 0 Å². The van der Waals surface area contributed by atoms with Crippen molar-refractivity contribution < 1.29 is 15.3 Å². The van der Waals surface area contributed by atoms with E-state index in [0.717, 1.165) is 41.6 Å². The molecule has 0 unspecified atom stereocenters. The highest BCUT2D eigenvalue weighted by Crippen LogP contribution is 2.45. The fraction of sp³-hybridized carbons (Fsp3) is 0.333. The SMILES string of the molecule is Cc1cc2c(cc1O)CN[C@H]1CCc3cc(O)c(O)cc3[C@H]21. The molecule has 0 amide bonds. The summed E-state index contributed by atoms with van der Waals surface area (Å²) in [5.74, 6) is 0.354. The number of nitrogens with one attached hydrogen (secondary N) is 1. The summed E-state index contributed by atoms with van der Waals surface area (Å²) < 4.78 is 0. The molecule has 0 bridgehead atoms. The lowest BCUT2D eigenvalue weighted by Crippen LogP contribution is -2.42. The average Bonchev–Trinajstić information content (AvgIpc) is 2.49. The molecule has 2 aliphatic rings. The van der Waals surface area contributed by atoms with Crippen LogP contribution in [-0.4, -0.2) is 21.4 Å². The Morgan fingerprint density at radius 2 is 1.59 bits per heavy atom. The van der Waals surface area contributed by atoms with Crippen LogP contribution in [0.25, 0.3) is 0 Å². The van der Waals surface area contributed by atoms with Crippen molar-refractivity contribution in [3.05, 3.63) is 52.1 Å². The standard InChI is InChI=1S/C18H19NO3/c1-9-4-12-11(6-15(9)20)8-19-14-3-2-10-5-16(21)17(22)7-13(10)18(12)14/h4-7,14,18-22H,2-3,8H2,1H3/t14-,18-/m0/s1. The third-order valence-corrected chi connectivity index (χ3v) is 5.05. The number of phenols is 3. The Bertz CT molecular complexity index is 706. The third kappa shape index (κ3) is 1.87. The van der Waals surface area contributed by atoms with Crippen LogP contribution < -0.4 is 5.32 Å². The topological polar surface area (TPSA) is 72.7 Å². The minimum Gasteiger partial charge on any atom is -0.508 e. The molecule has 2 aromatic rings. The van der Waals surface area contributed by atoms with Gasteiger partial charge in [-0.2, -0.15) is 0 Å². The molecule has 0 spiro atoms. The van der Waals surface area contributed by atoms with E-state index in [2.05, 4.69) is 11.4 Å². The maximum Gasteiger partial charge on any atom is 0.157 e. The molecule has 1 aliphatic carbocycles. The van der Waals surface area contributed by atoms with Crippen LogP contribution in [0.2, 0.25) is 0 Å². The summed E-state index contributed by atoms with van der Waals surface area (Å²) in [6.45, 7) is 2.66. The van der Waals surface area contributed by atoms with Crippen LogP contribution in [0.5, 0.6) is 17.2 Å². The molecule has 114 valence electrons. The summed E-state index contributed by atoms with van der Waals surface area (Å²) in [5, 5.41) is 33.1. The Morgan fingerprint density at radius 1 is 0.909 bits per heavy atom. The molecule has 22 heavy (non-hydrogen) atoms. The van der Waals surface area contributed by atoms with E-state index in [1.807, 2.05) is 13.0 Å². The second-order valence-electron chi connectivity index (χ2n) is 6.38. The average molecular weight is 297 g/mol. The second-order valence-corrected chi connectivity index (χ2v) is 6.38. The minimum atomic E-state index is -0.0676. The van der Waals surface area contributed by atoms with Crippen molar-refractivity contribution in [2.45, 2.75) is 38.3 Å². The van der Waals surface area contributed by atoms with Crippen molar-refractivity contribution in [2.24, 2.45) is 0 Å². The van der Waals surface area contributed by atoms with Gasteiger partial charge in [0.15, 0.2) is 11.5 Å². The summed E-state index contributed by atoms with van der Waals surface area (Å²) in [4.78, 5) is 0. The van der Waals surface area contributed by atoms with E-state index in [-0.39, 0.29) is 17.4 Å². The predicted molar refractivity (Wildman–Crippen MR) is 83.4 cm³/mol. The highest BCUT2D eigenvalue weighted by molar-refractivity contribution is 5.55. The zero-order valence-electron chi connectivity index (χ0n) is 12.4. The van der Waals surface area contributed by atoms with Crippen LogP contribution in [0.4, 0.5) is 0 Å². The van der Waals surface area contributed by atoms with E-state index < -0.39 is 0 Å². The maximum atomic E-state index is 9.95. The first-order valence-corrected chi connectivity index (χ1v) is 7.65. The van der Waals surface area contributed by atoms with Crippen molar-refractivity contribution in [1.82, 2.24) is 5.32 Å². The molecule has 4 N–H and O–H groups in total. The van der Waals surface area contributed by atoms with Crippen molar-refractivity contribution in [3.8, 4) is 17.2 Å². The van der Waals surface area contributed by atoms with Crippen LogP contribution in [0.15, 0.2) is 24.3 Å². The summed E-state index contributed by atoms with van der Waals surface area (Å²) >= 11 is 0. The minimum absolute atomic E-state index is 0.0527. The number of aromatic hydroxyl groups is 3. The monoisotopic (exact) mass is 297 g/mol. The molecule has 2 aromatic carbocycles. The van der Waals surface area contributed by atoms with Gasteiger partial charge in [-0.05, 0) is 65.8 Å². The highest BCUT2D eigenvalue weighted by Gasteiger charge is 2.35. The van der Waals surface area contributed by atoms with E-state index in [4.69, 9.17) is 0 Å². The maximum absolute atomic E-state index is 9.95. The van der Waals surface area contributed by atoms with E-state index in [1.54, 1.807) is 12.1 Å². The van der Waals surface area contributed by atoms with Gasteiger partial charge in [0.2, 0.25) is 0 Å². The Morgan fingerprint density at radius 3 is 2.41 bits per heavy atom. The molecule has 0 fully saturated rings. The second kappa shape index (κ2) is 4.65. The molecule has 2 atom stereocenters. The summed E-state index contributed by atoms with van der Waals surface area (Å²) in [6.07, 6.45) is 1.89. The van der Waals surface area contributed by atoms with Crippen molar-refractivity contribution >= 4 is 0 Å². The molecule has 0 aromatic heterocycles. The Kier molecular flexibility index (Phi) is 2.84. The number of benzene rings is 2. The van der Waals surface area contributed by atoms with E-state index in [0.29, 0.717) is 11.8 Å². The normalized spacial score (nSPS) is 22.6. The van der Waals surface area contributed by atoms with Gasteiger partial charge < -0.3 is 20.6 Å². The number of rotatable bonds is 0. The first-order chi connectivity index (χ1) is 10.5. The molecule has 0 saturated heterocycles. The first-order valence-electron chi connectivity index (χ1n) is 7.65. The first kappa shape index (κ1) is 13.5. The van der Waals surface area contributed by atoms with Crippen LogP contribution in [0.3, 0.4) is 0 Å². The third-order valence-electron chi connectivity index (χ3n) is 5.05. The molecular formula is C18H19NO3. The lowest BCUT2D eigenvalue weighted by molar-refractivity contribution is 0.378. The number of aryl methyl sites for hydroxylation is 2. The molecule has 4 nitrogen and oxygen atoms in total. The van der Waals surface area contributed by atoms with Gasteiger partial charge in [-0.3, -0.25) is 0 Å². The van der Waals surface area contributed by atoms with Gasteiger partial charge in [0, 0.05) is 18.5 Å². The summed E-state index contributed by atoms with van der Waals surface area (Å²) in [5.41, 5.74) is 5.35. The number of phenolic OH excluding ortho intramolecular Hbond substituents is 3. The van der Waals surface area contributed by atoms with Crippen molar-refractivity contribution in [2.75, 3.05) is 0 Å². The van der Waals surface area contributed by atoms with Crippen LogP contribution >= 0.6 is 0 Å².